The molecule has 3 aromatic heterocycles. The molecule has 4 aromatic rings. The fourth-order valence-corrected chi connectivity index (χ4v) is 5.58. The minimum absolute atomic E-state index is 0.0849. The number of aromatic amines is 1. The summed E-state index contributed by atoms with van der Waals surface area (Å²) in [5.74, 6) is -3.45. The summed E-state index contributed by atoms with van der Waals surface area (Å²) in [5, 5.41) is 2.85. The maximum absolute atomic E-state index is 15.3. The molecule has 0 fully saturated rings. The Labute approximate surface area is 207 Å². The molecule has 0 saturated carbocycles. The lowest BCUT2D eigenvalue weighted by molar-refractivity contribution is 0.103. The number of H-pyrrole nitrogens is 1. The van der Waals surface area contributed by atoms with E-state index in [4.69, 9.17) is 0 Å². The van der Waals surface area contributed by atoms with E-state index in [1.165, 1.54) is 24.1 Å². The molecule has 0 unspecified atom stereocenters. The molecule has 0 saturated heterocycles. The molecule has 1 aromatic carbocycles. The average molecular weight is 532 g/mol. The Hall–Kier alpha value is -3.91. The van der Waals surface area contributed by atoms with Gasteiger partial charge in [-0.05, 0) is 36.2 Å². The van der Waals surface area contributed by atoms with Gasteiger partial charge in [0.15, 0.2) is 11.6 Å². The molecule has 0 atom stereocenters. The fourth-order valence-electron chi connectivity index (χ4n) is 3.81. The Morgan fingerprint density at radius 1 is 1.28 bits per heavy atom. The van der Waals surface area contributed by atoms with Crippen molar-refractivity contribution in [2.24, 2.45) is 0 Å². The van der Waals surface area contributed by atoms with Crippen LogP contribution in [0.3, 0.4) is 0 Å². The standard InChI is InChI=1S/C22H19F2N7O3S2/c1-2-7-36(33,34)30-15-4-3-14(23)18(19(15)24)20(32)13-9-25-21-17(13)22(27-11-26-21)29-31-6-5-16-12(10-31)8-28-35-16/h3-5,8-11,30H,2,6-7H2,1H3,(H2,25,26,27,29). The quantitative estimate of drug-likeness (QED) is 0.294. The third-order valence-corrected chi connectivity index (χ3v) is 7.70. The monoisotopic (exact) mass is 531 g/mol. The Balaban J connectivity index is 1.54. The maximum Gasteiger partial charge on any atom is 0.232 e. The lowest BCUT2D eigenvalue weighted by Crippen LogP contribution is -2.35. The largest absolute Gasteiger partial charge is 0.345 e. The molecular formula is C22H19F2N7O3S2. The van der Waals surface area contributed by atoms with Gasteiger partial charge in [-0.1, -0.05) is 6.92 Å². The van der Waals surface area contributed by atoms with Crippen LogP contribution in [0.1, 0.15) is 29.3 Å². The Kier molecular flexibility index (Phi) is 6.14. The van der Waals surface area contributed by atoms with Crippen molar-refractivity contribution in [2.45, 2.75) is 13.3 Å². The number of anilines is 2. The van der Waals surface area contributed by atoms with Gasteiger partial charge in [0.1, 0.15) is 17.8 Å². The molecule has 0 aliphatic carbocycles. The second kappa shape index (κ2) is 9.28. The number of halogens is 2. The van der Waals surface area contributed by atoms with Gasteiger partial charge < -0.3 is 4.98 Å². The summed E-state index contributed by atoms with van der Waals surface area (Å²) in [6.07, 6.45) is 8.38. The number of hydrazine groups is 1. The van der Waals surface area contributed by atoms with Crippen LogP contribution in [0.2, 0.25) is 0 Å². The molecule has 3 N–H and O–H groups in total. The van der Waals surface area contributed by atoms with Crippen molar-refractivity contribution in [3.05, 3.63) is 63.4 Å². The molecule has 0 radical (unpaired) electrons. The minimum atomic E-state index is -3.87. The summed E-state index contributed by atoms with van der Waals surface area (Å²) in [6.45, 7) is 2.13. The zero-order valence-electron chi connectivity index (χ0n) is 18.7. The number of benzene rings is 1. The molecule has 186 valence electrons. The van der Waals surface area contributed by atoms with Crippen LogP contribution < -0.4 is 19.9 Å². The number of hydrogen-bond acceptors (Lipinski definition) is 9. The Bertz CT molecular complexity index is 1720. The van der Waals surface area contributed by atoms with Crippen molar-refractivity contribution in [1.29, 1.82) is 0 Å². The van der Waals surface area contributed by atoms with E-state index in [2.05, 4.69) is 29.5 Å². The van der Waals surface area contributed by atoms with E-state index in [-0.39, 0.29) is 28.2 Å². The first-order chi connectivity index (χ1) is 17.3. The highest BCUT2D eigenvalue weighted by Gasteiger charge is 2.27. The first-order valence-electron chi connectivity index (χ1n) is 10.8. The first-order valence-corrected chi connectivity index (χ1v) is 13.2. The van der Waals surface area contributed by atoms with Gasteiger partial charge in [-0.25, -0.2) is 27.2 Å². The predicted octanol–water partition coefficient (Wildman–Crippen LogP) is 1.94. The van der Waals surface area contributed by atoms with Crippen molar-refractivity contribution < 1.29 is 22.0 Å². The van der Waals surface area contributed by atoms with Crippen molar-refractivity contribution in [2.75, 3.05) is 22.4 Å². The van der Waals surface area contributed by atoms with E-state index in [0.717, 1.165) is 21.9 Å². The van der Waals surface area contributed by atoms with Gasteiger partial charge in [-0.2, -0.15) is 4.37 Å². The fraction of sp³-hybridized carbons (Fsp3) is 0.182. The van der Waals surface area contributed by atoms with E-state index in [0.29, 0.717) is 13.0 Å². The molecule has 1 aliphatic heterocycles. The molecule has 4 heterocycles. The minimum Gasteiger partial charge on any atom is -0.345 e. The van der Waals surface area contributed by atoms with Gasteiger partial charge in [-0.15, -0.1) is 0 Å². The van der Waals surface area contributed by atoms with Crippen molar-refractivity contribution >= 4 is 62.2 Å². The summed E-state index contributed by atoms with van der Waals surface area (Å²) >= 11 is 1.37. The second-order valence-corrected chi connectivity index (χ2v) is 10.6. The Morgan fingerprint density at radius 2 is 2.11 bits per heavy atom. The van der Waals surface area contributed by atoms with Crippen LogP contribution in [0.15, 0.2) is 30.9 Å². The lowest BCUT2D eigenvalue weighted by atomic mass is 10.0. The number of nitrogens with one attached hydrogen (secondary N) is 3. The third-order valence-electron chi connectivity index (χ3n) is 5.42. The number of sulfonamides is 1. The third kappa shape index (κ3) is 4.40. The van der Waals surface area contributed by atoms with Crippen LogP contribution in [0.4, 0.5) is 20.3 Å². The highest BCUT2D eigenvalue weighted by atomic mass is 32.2. The van der Waals surface area contributed by atoms with E-state index in [1.807, 2.05) is 12.3 Å². The first kappa shape index (κ1) is 23.8. The lowest BCUT2D eigenvalue weighted by Gasteiger charge is -2.22. The highest BCUT2D eigenvalue weighted by Crippen LogP contribution is 2.30. The molecule has 0 amide bonds. The number of rotatable bonds is 8. The van der Waals surface area contributed by atoms with Crippen LogP contribution in [-0.4, -0.2) is 50.8 Å². The number of carbonyl (C=O) groups is 1. The Morgan fingerprint density at radius 3 is 2.92 bits per heavy atom. The molecule has 0 bridgehead atoms. The zero-order valence-corrected chi connectivity index (χ0v) is 20.4. The predicted molar refractivity (Wildman–Crippen MR) is 132 cm³/mol. The van der Waals surface area contributed by atoms with Crippen LogP contribution >= 0.6 is 11.5 Å². The summed E-state index contributed by atoms with van der Waals surface area (Å²) in [7, 11) is -3.87. The molecule has 5 rings (SSSR count). The molecule has 14 heteroatoms. The van der Waals surface area contributed by atoms with Gasteiger partial charge >= 0.3 is 0 Å². The van der Waals surface area contributed by atoms with Crippen molar-refractivity contribution in [3.8, 4) is 0 Å². The summed E-state index contributed by atoms with van der Waals surface area (Å²) in [6, 6.07) is 1.78. The maximum atomic E-state index is 15.3. The van der Waals surface area contributed by atoms with E-state index >= 15 is 4.39 Å². The van der Waals surface area contributed by atoms with Crippen LogP contribution in [0.5, 0.6) is 0 Å². The number of aromatic nitrogens is 4. The highest BCUT2D eigenvalue weighted by molar-refractivity contribution is 7.92. The second-order valence-electron chi connectivity index (χ2n) is 7.92. The topological polar surface area (TPSA) is 133 Å². The van der Waals surface area contributed by atoms with E-state index in [1.54, 1.807) is 18.1 Å². The number of ketones is 1. The number of fused-ring (bicyclic) bond motifs is 2. The van der Waals surface area contributed by atoms with Gasteiger partial charge in [-0.3, -0.25) is 20.0 Å². The van der Waals surface area contributed by atoms with E-state index < -0.39 is 38.7 Å². The number of hydrogen-bond donors (Lipinski definition) is 3. The molecule has 36 heavy (non-hydrogen) atoms. The van der Waals surface area contributed by atoms with Crippen LogP contribution in [-0.2, 0) is 10.0 Å². The molecule has 0 spiro atoms. The zero-order chi connectivity index (χ0) is 25.4. The summed E-state index contributed by atoms with van der Waals surface area (Å²) < 4.78 is 61.5. The summed E-state index contributed by atoms with van der Waals surface area (Å²) in [4.78, 5) is 24.5. The molecular weight excluding hydrogens is 512 g/mol. The SMILES string of the molecule is CCCS(=O)(=O)Nc1ccc(F)c(C(=O)c2c[nH]c3ncnc(NN4C=c5cnsc5=CC4)c23)c1F. The van der Waals surface area contributed by atoms with Crippen LogP contribution in [0, 0.1) is 11.6 Å². The van der Waals surface area contributed by atoms with Gasteiger partial charge in [0, 0.05) is 17.6 Å². The average Bonchev–Trinajstić information content (AvgIpc) is 3.48. The number of nitrogens with zero attached hydrogens (tertiary/aromatic N) is 4. The molecule has 1 aliphatic rings. The smallest absolute Gasteiger partial charge is 0.232 e. The van der Waals surface area contributed by atoms with Gasteiger partial charge in [0.25, 0.3) is 0 Å². The van der Waals surface area contributed by atoms with Gasteiger partial charge in [0.2, 0.25) is 15.8 Å². The number of carbonyl (C=O) groups excluding carboxylic acids is 1. The van der Waals surface area contributed by atoms with E-state index in [9.17, 15) is 17.6 Å². The van der Waals surface area contributed by atoms with Crippen LogP contribution in [0.25, 0.3) is 23.3 Å². The summed E-state index contributed by atoms with van der Waals surface area (Å²) in [5.41, 5.74) is 1.88. The van der Waals surface area contributed by atoms with Crippen molar-refractivity contribution in [1.82, 2.24) is 24.3 Å². The van der Waals surface area contributed by atoms with Crippen molar-refractivity contribution in [3.63, 3.8) is 0 Å². The normalized spacial score (nSPS) is 13.1. The molecule has 10 nitrogen and oxygen atoms in total. The van der Waals surface area contributed by atoms with Gasteiger partial charge in [0.05, 0.1) is 45.2 Å².